The van der Waals surface area contributed by atoms with E-state index in [0.29, 0.717) is 12.1 Å². The Balaban J connectivity index is 0.00000441. The maximum atomic E-state index is 12.7. The van der Waals surface area contributed by atoms with Gasteiger partial charge < -0.3 is 5.73 Å². The minimum absolute atomic E-state index is 0. The molecule has 0 aromatic heterocycles. The Morgan fingerprint density at radius 1 is 0.955 bits per heavy atom. The molecule has 0 saturated heterocycles. The van der Waals surface area contributed by atoms with E-state index in [4.69, 9.17) is 5.73 Å². The highest BCUT2D eigenvalue weighted by atomic mass is 35.5. The van der Waals surface area contributed by atoms with E-state index in [9.17, 15) is 31.1 Å². The fraction of sp³-hybridized carbons (Fsp3) is 0.462. The predicted octanol–water partition coefficient (Wildman–Crippen LogP) is 4.37. The molecular weight excluding hydrogens is 336 g/mol. The lowest BCUT2D eigenvalue weighted by Crippen LogP contribution is -2.26. The second-order valence-electron chi connectivity index (χ2n) is 4.96. The average molecular weight is 350 g/mol. The van der Waals surface area contributed by atoms with Crippen molar-refractivity contribution in [2.45, 2.75) is 32.1 Å². The zero-order chi connectivity index (χ0) is 16.6. The highest BCUT2D eigenvalue weighted by Gasteiger charge is 2.38. The molecule has 1 aromatic carbocycles. The number of halogens is 7. The lowest BCUT2D eigenvalue weighted by molar-refractivity contribution is -0.143. The van der Waals surface area contributed by atoms with Crippen LogP contribution in [0.3, 0.4) is 0 Å². The summed E-state index contributed by atoms with van der Waals surface area (Å²) >= 11 is 0. The third-order valence-corrected chi connectivity index (χ3v) is 2.94. The molecule has 126 valence electrons. The van der Waals surface area contributed by atoms with Gasteiger partial charge in [-0.3, -0.25) is 4.79 Å². The Morgan fingerprint density at radius 3 is 1.55 bits per heavy atom. The molecule has 2 N–H and O–H groups in total. The molecule has 0 aliphatic rings. The molecular formula is C13H14ClF6NO. The standard InChI is InChI=1S/C13H13F6NO.ClH/c1-6(2)10(11(20)21)7-3-8(12(14,15)16)5-9(4-7)13(17,18)19;/h3-6,10H,1-2H3,(H2,20,21);1H. The zero-order valence-electron chi connectivity index (χ0n) is 11.5. The number of alkyl halides is 6. The third-order valence-electron chi connectivity index (χ3n) is 2.94. The van der Waals surface area contributed by atoms with Crippen LogP contribution in [0.2, 0.25) is 0 Å². The summed E-state index contributed by atoms with van der Waals surface area (Å²) in [5, 5.41) is 0. The van der Waals surface area contributed by atoms with Crippen LogP contribution in [0.4, 0.5) is 26.3 Å². The number of nitrogens with two attached hydrogens (primary N) is 1. The fourth-order valence-corrected chi connectivity index (χ4v) is 2.04. The van der Waals surface area contributed by atoms with Gasteiger partial charge in [-0.05, 0) is 29.7 Å². The van der Waals surface area contributed by atoms with Gasteiger partial charge in [0.2, 0.25) is 5.91 Å². The van der Waals surface area contributed by atoms with Crippen LogP contribution in [-0.2, 0) is 17.1 Å². The summed E-state index contributed by atoms with van der Waals surface area (Å²) in [4.78, 5) is 11.3. The zero-order valence-corrected chi connectivity index (χ0v) is 12.4. The molecule has 0 heterocycles. The Labute approximate surface area is 129 Å². The first-order valence-corrected chi connectivity index (χ1v) is 5.92. The van der Waals surface area contributed by atoms with Crippen molar-refractivity contribution in [3.05, 3.63) is 34.9 Å². The molecule has 1 atom stereocenters. The summed E-state index contributed by atoms with van der Waals surface area (Å²) < 4.78 is 76.3. The van der Waals surface area contributed by atoms with E-state index in [1.807, 2.05) is 0 Å². The van der Waals surface area contributed by atoms with Gasteiger partial charge in [0.1, 0.15) is 0 Å². The summed E-state index contributed by atoms with van der Waals surface area (Å²) in [6.07, 6.45) is -9.90. The Hall–Kier alpha value is -1.44. The molecule has 0 radical (unpaired) electrons. The Morgan fingerprint density at radius 2 is 1.32 bits per heavy atom. The number of carbonyl (C=O) groups is 1. The molecule has 2 nitrogen and oxygen atoms in total. The van der Waals surface area contributed by atoms with Crippen LogP contribution in [0.25, 0.3) is 0 Å². The molecule has 0 aliphatic heterocycles. The normalized spacial score (nSPS) is 13.7. The van der Waals surface area contributed by atoms with Crippen LogP contribution < -0.4 is 5.73 Å². The summed E-state index contributed by atoms with van der Waals surface area (Å²) in [5.41, 5.74) is 1.78. The maximum absolute atomic E-state index is 12.7. The van der Waals surface area contributed by atoms with Crippen molar-refractivity contribution >= 4 is 18.3 Å². The number of amides is 1. The van der Waals surface area contributed by atoms with Crippen molar-refractivity contribution in [1.29, 1.82) is 0 Å². The van der Waals surface area contributed by atoms with Gasteiger partial charge in [-0.1, -0.05) is 13.8 Å². The number of carbonyl (C=O) groups excluding carboxylic acids is 1. The van der Waals surface area contributed by atoms with Crippen LogP contribution >= 0.6 is 12.4 Å². The molecule has 22 heavy (non-hydrogen) atoms. The van der Waals surface area contributed by atoms with Gasteiger partial charge >= 0.3 is 12.4 Å². The SMILES string of the molecule is CC(C)C(C(N)=O)c1cc(C(F)(F)F)cc(C(F)(F)F)c1.Cl. The van der Waals surface area contributed by atoms with E-state index >= 15 is 0 Å². The average Bonchev–Trinajstić information content (AvgIpc) is 2.25. The smallest absolute Gasteiger partial charge is 0.369 e. The highest BCUT2D eigenvalue weighted by Crippen LogP contribution is 2.38. The first kappa shape index (κ1) is 20.6. The molecule has 0 fully saturated rings. The lowest BCUT2D eigenvalue weighted by atomic mass is 9.86. The summed E-state index contributed by atoms with van der Waals surface area (Å²) in [6.45, 7) is 2.98. The molecule has 0 spiro atoms. The number of hydrogen-bond acceptors (Lipinski definition) is 1. The first-order valence-electron chi connectivity index (χ1n) is 5.92. The van der Waals surface area contributed by atoms with Gasteiger partial charge in [0.25, 0.3) is 0 Å². The quantitative estimate of drug-likeness (QED) is 0.809. The van der Waals surface area contributed by atoms with Crippen LogP contribution in [0.1, 0.15) is 36.5 Å². The molecule has 1 rings (SSSR count). The van der Waals surface area contributed by atoms with Crippen molar-refractivity contribution in [3.8, 4) is 0 Å². The molecule has 0 saturated carbocycles. The van der Waals surface area contributed by atoms with Crippen molar-refractivity contribution in [2.24, 2.45) is 11.7 Å². The first-order chi connectivity index (χ1) is 9.34. The van der Waals surface area contributed by atoms with E-state index in [0.717, 1.165) is 0 Å². The molecule has 1 aromatic rings. The third kappa shape index (κ3) is 4.79. The highest BCUT2D eigenvalue weighted by molar-refractivity contribution is 5.85. The topological polar surface area (TPSA) is 43.1 Å². The van der Waals surface area contributed by atoms with E-state index in [1.54, 1.807) is 0 Å². The van der Waals surface area contributed by atoms with Crippen LogP contribution in [0.15, 0.2) is 18.2 Å². The van der Waals surface area contributed by atoms with Gasteiger partial charge in [0.05, 0.1) is 17.0 Å². The Bertz CT molecular complexity index is 506. The van der Waals surface area contributed by atoms with Crippen molar-refractivity contribution in [3.63, 3.8) is 0 Å². The van der Waals surface area contributed by atoms with Gasteiger partial charge in [0.15, 0.2) is 0 Å². The predicted molar refractivity (Wildman–Crippen MR) is 70.5 cm³/mol. The van der Waals surface area contributed by atoms with E-state index in [2.05, 4.69) is 0 Å². The van der Waals surface area contributed by atoms with Gasteiger partial charge in [-0.25, -0.2) is 0 Å². The molecule has 1 unspecified atom stereocenters. The molecule has 9 heteroatoms. The largest absolute Gasteiger partial charge is 0.416 e. The van der Waals surface area contributed by atoms with Gasteiger partial charge in [0, 0.05) is 0 Å². The van der Waals surface area contributed by atoms with Crippen molar-refractivity contribution in [2.75, 3.05) is 0 Å². The maximum Gasteiger partial charge on any atom is 0.416 e. The Kier molecular flexibility index (Phi) is 6.32. The second kappa shape index (κ2) is 6.76. The van der Waals surface area contributed by atoms with E-state index in [-0.39, 0.29) is 24.0 Å². The molecule has 0 aliphatic carbocycles. The fourth-order valence-electron chi connectivity index (χ4n) is 2.04. The van der Waals surface area contributed by atoms with Crippen molar-refractivity contribution in [1.82, 2.24) is 0 Å². The number of primary amides is 1. The van der Waals surface area contributed by atoms with Crippen LogP contribution in [0.5, 0.6) is 0 Å². The molecule has 1 amide bonds. The minimum Gasteiger partial charge on any atom is -0.369 e. The summed E-state index contributed by atoms with van der Waals surface area (Å²) in [6, 6.07) is 1.08. The number of rotatable bonds is 3. The minimum atomic E-state index is -4.95. The lowest BCUT2D eigenvalue weighted by Gasteiger charge is -2.21. The van der Waals surface area contributed by atoms with E-state index in [1.165, 1.54) is 13.8 Å². The summed E-state index contributed by atoms with van der Waals surface area (Å²) in [5.74, 6) is -2.74. The number of hydrogen-bond donors (Lipinski definition) is 1. The van der Waals surface area contributed by atoms with Gasteiger partial charge in [-0.15, -0.1) is 12.4 Å². The second-order valence-corrected chi connectivity index (χ2v) is 4.96. The van der Waals surface area contributed by atoms with Crippen LogP contribution in [0, 0.1) is 5.92 Å². The number of benzene rings is 1. The summed E-state index contributed by atoms with van der Waals surface area (Å²) in [7, 11) is 0. The van der Waals surface area contributed by atoms with Crippen LogP contribution in [-0.4, -0.2) is 5.91 Å². The van der Waals surface area contributed by atoms with Gasteiger partial charge in [-0.2, -0.15) is 26.3 Å². The monoisotopic (exact) mass is 349 g/mol. The molecule has 0 bridgehead atoms. The van der Waals surface area contributed by atoms with E-state index < -0.39 is 41.2 Å². The van der Waals surface area contributed by atoms with Crippen molar-refractivity contribution < 1.29 is 31.1 Å².